The number of thioether (sulfide) groups is 1. The van der Waals surface area contributed by atoms with Crippen molar-refractivity contribution in [1.82, 2.24) is 0 Å². The Kier molecular flexibility index (Phi) is 3.01. The van der Waals surface area contributed by atoms with Gasteiger partial charge in [0.1, 0.15) is 5.44 Å². The molecule has 1 aliphatic rings. The number of aliphatic hydroxyl groups excluding tert-OH is 1. The summed E-state index contributed by atoms with van der Waals surface area (Å²) >= 11 is 1.72. The van der Waals surface area contributed by atoms with Crippen LogP contribution in [0.25, 0.3) is 0 Å². The van der Waals surface area contributed by atoms with E-state index in [1.54, 1.807) is 11.8 Å². The van der Waals surface area contributed by atoms with Gasteiger partial charge in [0.2, 0.25) is 0 Å². The van der Waals surface area contributed by atoms with Crippen LogP contribution in [0, 0.1) is 0 Å². The van der Waals surface area contributed by atoms with Crippen LogP contribution in [-0.2, 0) is 4.74 Å². The minimum Gasteiger partial charge on any atom is -0.390 e. The van der Waals surface area contributed by atoms with Crippen molar-refractivity contribution >= 4 is 11.8 Å². The van der Waals surface area contributed by atoms with Crippen molar-refractivity contribution in [2.75, 3.05) is 6.26 Å². The highest BCUT2D eigenvalue weighted by Crippen LogP contribution is 2.25. The fraction of sp³-hybridized carbons (Fsp3) is 1.00. The molecule has 0 aliphatic carbocycles. The Morgan fingerprint density at radius 3 is 2.70 bits per heavy atom. The second-order valence-electron chi connectivity index (χ2n) is 2.65. The number of rotatable bonds is 1. The molecule has 0 saturated carbocycles. The fourth-order valence-electron chi connectivity index (χ4n) is 1.11. The van der Waals surface area contributed by atoms with Crippen LogP contribution in [0.15, 0.2) is 0 Å². The first-order valence-corrected chi connectivity index (χ1v) is 4.89. The molecule has 2 nitrogen and oxygen atoms in total. The van der Waals surface area contributed by atoms with Crippen molar-refractivity contribution in [2.24, 2.45) is 0 Å². The summed E-state index contributed by atoms with van der Waals surface area (Å²) in [7, 11) is 0. The molecule has 0 spiro atoms. The van der Waals surface area contributed by atoms with Crippen LogP contribution in [0.2, 0.25) is 0 Å². The summed E-state index contributed by atoms with van der Waals surface area (Å²) in [5.41, 5.74) is 0.304. The molecule has 0 amide bonds. The van der Waals surface area contributed by atoms with Crippen LogP contribution in [0.5, 0.6) is 0 Å². The van der Waals surface area contributed by atoms with Gasteiger partial charge in [0.05, 0.1) is 12.2 Å². The molecule has 3 heteroatoms. The van der Waals surface area contributed by atoms with Crippen molar-refractivity contribution in [1.29, 1.82) is 0 Å². The van der Waals surface area contributed by atoms with Gasteiger partial charge < -0.3 is 9.84 Å². The van der Waals surface area contributed by atoms with E-state index in [0.717, 1.165) is 12.8 Å². The maximum Gasteiger partial charge on any atom is 0.103 e. The van der Waals surface area contributed by atoms with E-state index >= 15 is 0 Å². The summed E-state index contributed by atoms with van der Waals surface area (Å²) in [5, 5.41) is 9.26. The third-order valence-electron chi connectivity index (χ3n) is 1.87. The van der Waals surface area contributed by atoms with Gasteiger partial charge in [-0.3, -0.25) is 0 Å². The second kappa shape index (κ2) is 3.60. The molecule has 0 aromatic rings. The Hall–Kier alpha value is 0.270. The molecule has 1 fully saturated rings. The standard InChI is InChI=1S/C7H14O2S/c1-5-6(8)3-4-7(9-5)10-2/h5-8H,3-4H2,1-2H3. The SMILES string of the molecule is CSC1CCC(O)C(C)O1. The van der Waals surface area contributed by atoms with Crippen molar-refractivity contribution in [3.05, 3.63) is 0 Å². The topological polar surface area (TPSA) is 29.5 Å². The molecular formula is C7H14O2S. The van der Waals surface area contributed by atoms with Gasteiger partial charge >= 0.3 is 0 Å². The Labute approximate surface area is 66.0 Å². The molecule has 1 heterocycles. The van der Waals surface area contributed by atoms with Crippen LogP contribution in [0.1, 0.15) is 19.8 Å². The van der Waals surface area contributed by atoms with Crippen LogP contribution in [0.4, 0.5) is 0 Å². The molecule has 1 rings (SSSR count). The number of ether oxygens (including phenoxy) is 1. The maximum absolute atomic E-state index is 9.26. The molecule has 1 N–H and O–H groups in total. The molecule has 10 heavy (non-hydrogen) atoms. The molecule has 1 saturated heterocycles. The van der Waals surface area contributed by atoms with E-state index in [0.29, 0.717) is 5.44 Å². The predicted octanol–water partition coefficient (Wildman–Crippen LogP) is 1.24. The summed E-state index contributed by atoms with van der Waals surface area (Å²) in [4.78, 5) is 0. The Morgan fingerprint density at radius 1 is 1.50 bits per heavy atom. The third-order valence-corrected chi connectivity index (χ3v) is 2.74. The minimum atomic E-state index is -0.247. The highest BCUT2D eigenvalue weighted by Gasteiger charge is 2.25. The van der Waals surface area contributed by atoms with E-state index in [4.69, 9.17) is 4.74 Å². The van der Waals surface area contributed by atoms with Gasteiger partial charge in [0.15, 0.2) is 0 Å². The normalized spacial score (nSPS) is 41.7. The van der Waals surface area contributed by atoms with E-state index < -0.39 is 0 Å². The van der Waals surface area contributed by atoms with Crippen LogP contribution < -0.4 is 0 Å². The zero-order chi connectivity index (χ0) is 7.56. The van der Waals surface area contributed by atoms with Crippen LogP contribution in [0.3, 0.4) is 0 Å². The van der Waals surface area contributed by atoms with Gasteiger partial charge in [-0.25, -0.2) is 0 Å². The number of hydrogen-bond donors (Lipinski definition) is 1. The lowest BCUT2D eigenvalue weighted by molar-refractivity contribution is -0.0764. The first-order chi connectivity index (χ1) is 4.74. The zero-order valence-corrected chi connectivity index (χ0v) is 7.23. The minimum absolute atomic E-state index is 0.0196. The largest absolute Gasteiger partial charge is 0.390 e. The number of hydrogen-bond acceptors (Lipinski definition) is 3. The van der Waals surface area contributed by atoms with Crippen LogP contribution >= 0.6 is 11.8 Å². The first-order valence-electron chi connectivity index (χ1n) is 3.60. The molecule has 3 atom stereocenters. The monoisotopic (exact) mass is 162 g/mol. The number of aliphatic hydroxyl groups is 1. The van der Waals surface area contributed by atoms with E-state index in [1.807, 2.05) is 13.2 Å². The van der Waals surface area contributed by atoms with Gasteiger partial charge in [-0.15, -0.1) is 11.8 Å². The van der Waals surface area contributed by atoms with Crippen LogP contribution in [-0.4, -0.2) is 29.0 Å². The Bertz CT molecular complexity index is 108. The quantitative estimate of drug-likeness (QED) is 0.629. The molecule has 0 radical (unpaired) electrons. The van der Waals surface area contributed by atoms with E-state index in [1.165, 1.54) is 0 Å². The van der Waals surface area contributed by atoms with E-state index in [9.17, 15) is 5.11 Å². The molecule has 1 aliphatic heterocycles. The van der Waals surface area contributed by atoms with Crippen molar-refractivity contribution in [3.8, 4) is 0 Å². The predicted molar refractivity (Wildman–Crippen MR) is 43.1 cm³/mol. The highest BCUT2D eigenvalue weighted by molar-refractivity contribution is 7.99. The molecule has 60 valence electrons. The molecule has 0 aromatic heterocycles. The van der Waals surface area contributed by atoms with Crippen molar-refractivity contribution < 1.29 is 9.84 Å². The fourth-order valence-corrected chi connectivity index (χ4v) is 1.77. The lowest BCUT2D eigenvalue weighted by Crippen LogP contribution is -2.35. The molecular weight excluding hydrogens is 148 g/mol. The highest BCUT2D eigenvalue weighted by atomic mass is 32.2. The lowest BCUT2D eigenvalue weighted by Gasteiger charge is -2.30. The van der Waals surface area contributed by atoms with Gasteiger partial charge in [0.25, 0.3) is 0 Å². The summed E-state index contributed by atoms with van der Waals surface area (Å²) in [5.74, 6) is 0. The average molecular weight is 162 g/mol. The Balaban J connectivity index is 2.33. The molecule has 0 bridgehead atoms. The second-order valence-corrected chi connectivity index (χ2v) is 3.65. The van der Waals surface area contributed by atoms with Gasteiger partial charge in [0, 0.05) is 0 Å². The van der Waals surface area contributed by atoms with Crippen molar-refractivity contribution in [2.45, 2.75) is 37.4 Å². The first kappa shape index (κ1) is 8.37. The van der Waals surface area contributed by atoms with Gasteiger partial charge in [-0.05, 0) is 26.0 Å². The van der Waals surface area contributed by atoms with E-state index in [-0.39, 0.29) is 12.2 Å². The zero-order valence-electron chi connectivity index (χ0n) is 6.41. The summed E-state index contributed by atoms with van der Waals surface area (Å²) in [6.07, 6.45) is 3.67. The maximum atomic E-state index is 9.26. The molecule has 0 aromatic carbocycles. The smallest absolute Gasteiger partial charge is 0.103 e. The summed E-state index contributed by atoms with van der Waals surface area (Å²) < 4.78 is 5.46. The van der Waals surface area contributed by atoms with Gasteiger partial charge in [-0.1, -0.05) is 0 Å². The summed E-state index contributed by atoms with van der Waals surface area (Å²) in [6, 6.07) is 0. The third kappa shape index (κ3) is 1.87. The lowest BCUT2D eigenvalue weighted by atomic mass is 10.1. The Morgan fingerprint density at radius 2 is 2.20 bits per heavy atom. The average Bonchev–Trinajstić information content (AvgIpc) is 1.95. The van der Waals surface area contributed by atoms with E-state index in [2.05, 4.69) is 0 Å². The van der Waals surface area contributed by atoms with Gasteiger partial charge in [-0.2, -0.15) is 0 Å². The van der Waals surface area contributed by atoms with Crippen molar-refractivity contribution in [3.63, 3.8) is 0 Å². The molecule has 3 unspecified atom stereocenters. The summed E-state index contributed by atoms with van der Waals surface area (Å²) in [6.45, 7) is 1.92.